The van der Waals surface area contributed by atoms with Crippen LogP contribution in [0.4, 0.5) is 5.82 Å². The van der Waals surface area contributed by atoms with E-state index in [1.807, 2.05) is 47.1 Å². The van der Waals surface area contributed by atoms with Crippen LogP contribution in [0.15, 0.2) is 60.8 Å². The fourth-order valence-electron chi connectivity index (χ4n) is 5.10. The molecule has 2 heterocycles. The first kappa shape index (κ1) is 25.5. The molecular weight excluding hydrogens is 452 g/mol. The molecule has 2 aromatic carbocycles. The molecular formula is C29H36N4O3. The molecule has 7 heteroatoms. The topological polar surface area (TPSA) is 85.2 Å². The predicted molar refractivity (Wildman–Crippen MR) is 141 cm³/mol. The first-order valence-electron chi connectivity index (χ1n) is 12.6. The monoisotopic (exact) mass is 488 g/mol. The van der Waals surface area contributed by atoms with Gasteiger partial charge in [0.1, 0.15) is 18.0 Å². The number of hydrogen-bond acceptors (Lipinski definition) is 5. The zero-order valence-electron chi connectivity index (χ0n) is 21.8. The Kier molecular flexibility index (Phi) is 7.20. The van der Waals surface area contributed by atoms with E-state index in [2.05, 4.69) is 55.6 Å². The minimum atomic E-state index is -0.533. The van der Waals surface area contributed by atoms with Crippen molar-refractivity contribution in [2.24, 2.45) is 0 Å². The van der Waals surface area contributed by atoms with Crippen molar-refractivity contribution in [2.75, 3.05) is 5.32 Å². The number of fused-ring (bicyclic) bond motifs is 1. The summed E-state index contributed by atoms with van der Waals surface area (Å²) in [7, 11) is 0. The molecule has 0 saturated heterocycles. The van der Waals surface area contributed by atoms with Crippen molar-refractivity contribution in [3.8, 4) is 0 Å². The van der Waals surface area contributed by atoms with Gasteiger partial charge in [0.25, 0.3) is 5.91 Å². The number of anilines is 1. The van der Waals surface area contributed by atoms with Gasteiger partial charge in [0.05, 0.1) is 23.3 Å². The summed E-state index contributed by atoms with van der Waals surface area (Å²) < 4.78 is 7.04. The van der Waals surface area contributed by atoms with Crippen LogP contribution in [0.2, 0.25) is 0 Å². The van der Waals surface area contributed by atoms with Gasteiger partial charge in [-0.2, -0.15) is 5.10 Å². The van der Waals surface area contributed by atoms with Crippen molar-refractivity contribution in [1.82, 2.24) is 15.1 Å². The maximum atomic E-state index is 13.7. The number of aromatic nitrogens is 2. The number of ether oxygens (including phenoxy) is 1. The first-order chi connectivity index (χ1) is 17.2. The molecule has 2 N–H and O–H groups in total. The van der Waals surface area contributed by atoms with E-state index in [-0.39, 0.29) is 30.1 Å². The van der Waals surface area contributed by atoms with Crippen LogP contribution in [0.5, 0.6) is 0 Å². The minimum absolute atomic E-state index is 0.0869. The number of benzene rings is 2. The molecule has 4 rings (SSSR count). The van der Waals surface area contributed by atoms with Crippen LogP contribution in [0.3, 0.4) is 0 Å². The minimum Gasteiger partial charge on any atom is -0.461 e. The van der Waals surface area contributed by atoms with Crippen LogP contribution >= 0.6 is 0 Å². The van der Waals surface area contributed by atoms with E-state index >= 15 is 0 Å². The molecule has 0 fully saturated rings. The number of carbonyl (C=O) groups is 2. The van der Waals surface area contributed by atoms with Crippen LogP contribution in [0.1, 0.15) is 87.0 Å². The van der Waals surface area contributed by atoms with Crippen molar-refractivity contribution < 1.29 is 14.3 Å². The van der Waals surface area contributed by atoms with Crippen molar-refractivity contribution in [2.45, 2.75) is 77.6 Å². The summed E-state index contributed by atoms with van der Waals surface area (Å²) in [6.45, 7) is 10.1. The van der Waals surface area contributed by atoms with Gasteiger partial charge >= 0.3 is 5.97 Å². The molecule has 190 valence electrons. The smallest absolute Gasteiger partial charge is 0.302 e. The normalized spacial score (nSPS) is 16.5. The van der Waals surface area contributed by atoms with Gasteiger partial charge < -0.3 is 15.4 Å². The van der Waals surface area contributed by atoms with E-state index in [0.29, 0.717) is 5.56 Å². The first-order valence-corrected chi connectivity index (χ1v) is 12.6. The summed E-state index contributed by atoms with van der Waals surface area (Å²) in [5.41, 5.74) is 2.88. The summed E-state index contributed by atoms with van der Waals surface area (Å²) in [4.78, 5) is 24.9. The quantitative estimate of drug-likeness (QED) is 0.398. The number of nitrogens with one attached hydrogen (secondary N) is 2. The lowest BCUT2D eigenvalue weighted by molar-refractivity contribution is -0.142. The Labute approximate surface area is 213 Å². The lowest BCUT2D eigenvalue weighted by Crippen LogP contribution is -2.45. The van der Waals surface area contributed by atoms with Gasteiger partial charge in [-0.05, 0) is 49.8 Å². The van der Waals surface area contributed by atoms with Crippen LogP contribution in [0.25, 0.3) is 0 Å². The van der Waals surface area contributed by atoms with Crippen molar-refractivity contribution >= 4 is 17.7 Å². The van der Waals surface area contributed by atoms with Gasteiger partial charge in [-0.15, -0.1) is 0 Å². The average Bonchev–Trinajstić information content (AvgIpc) is 3.32. The lowest BCUT2D eigenvalue weighted by atomic mass is 9.84. The molecule has 1 aliphatic rings. The number of amides is 1. The predicted octanol–water partition coefficient (Wildman–Crippen LogP) is 5.68. The molecule has 0 radical (unpaired) electrons. The summed E-state index contributed by atoms with van der Waals surface area (Å²) >= 11 is 0. The van der Waals surface area contributed by atoms with Gasteiger partial charge in [-0.25, -0.2) is 4.68 Å². The number of esters is 1. The molecule has 1 aromatic heterocycles. The van der Waals surface area contributed by atoms with E-state index in [4.69, 9.17) is 4.74 Å². The molecule has 1 unspecified atom stereocenters. The van der Waals surface area contributed by atoms with E-state index in [9.17, 15) is 9.59 Å². The second-order valence-corrected chi connectivity index (χ2v) is 10.2. The molecule has 1 aliphatic heterocycles. The highest BCUT2D eigenvalue weighted by Crippen LogP contribution is 2.40. The van der Waals surface area contributed by atoms with Gasteiger partial charge in [-0.3, -0.25) is 9.59 Å². The molecule has 0 aliphatic carbocycles. The molecule has 1 atom stereocenters. The number of hydrogen-bond donors (Lipinski definition) is 2. The number of carbonyl (C=O) groups excluding carboxylic acids is 2. The van der Waals surface area contributed by atoms with Crippen LogP contribution in [-0.4, -0.2) is 21.7 Å². The Balaban J connectivity index is 1.60. The summed E-state index contributed by atoms with van der Waals surface area (Å²) in [6.07, 6.45) is 3.99. The average molecular weight is 489 g/mol. The Morgan fingerprint density at radius 2 is 1.78 bits per heavy atom. The zero-order chi connectivity index (χ0) is 25.9. The van der Waals surface area contributed by atoms with Crippen LogP contribution in [-0.2, 0) is 27.2 Å². The molecule has 0 spiro atoms. The fraction of sp³-hybridized carbons (Fsp3) is 0.414. The Hall–Kier alpha value is -3.61. The molecule has 1 amide bonds. The Bertz CT molecular complexity index is 1210. The highest BCUT2D eigenvalue weighted by Gasteiger charge is 2.38. The molecule has 0 bridgehead atoms. The van der Waals surface area contributed by atoms with E-state index in [1.54, 1.807) is 6.20 Å². The van der Waals surface area contributed by atoms with E-state index in [0.717, 1.165) is 36.2 Å². The maximum Gasteiger partial charge on any atom is 0.302 e. The van der Waals surface area contributed by atoms with Gasteiger partial charge in [0.2, 0.25) is 0 Å². The highest BCUT2D eigenvalue weighted by molar-refractivity contribution is 5.99. The highest BCUT2D eigenvalue weighted by atomic mass is 16.5. The second-order valence-electron chi connectivity index (χ2n) is 10.2. The number of nitrogens with zero attached hydrogens (tertiary/aromatic N) is 2. The third kappa shape index (κ3) is 5.01. The number of rotatable bonds is 8. The summed E-state index contributed by atoms with van der Waals surface area (Å²) in [5, 5.41) is 11.5. The van der Waals surface area contributed by atoms with E-state index in [1.165, 1.54) is 12.5 Å². The largest absolute Gasteiger partial charge is 0.461 e. The van der Waals surface area contributed by atoms with Crippen LogP contribution < -0.4 is 10.6 Å². The molecule has 0 saturated carbocycles. The third-order valence-corrected chi connectivity index (χ3v) is 7.31. The lowest BCUT2D eigenvalue weighted by Gasteiger charge is -2.38. The van der Waals surface area contributed by atoms with Crippen molar-refractivity contribution in [3.05, 3.63) is 83.0 Å². The SMILES string of the molecule is CCC(CC)(NC(=O)c1cnn2c1NC(c1ccccc1)CC2(C)C)c1ccc(COC(C)=O)cc1. The Morgan fingerprint density at radius 3 is 2.39 bits per heavy atom. The Morgan fingerprint density at radius 1 is 1.11 bits per heavy atom. The molecule has 7 nitrogen and oxygen atoms in total. The second kappa shape index (κ2) is 10.2. The summed E-state index contributed by atoms with van der Waals surface area (Å²) in [6, 6.07) is 18.3. The molecule has 3 aromatic rings. The summed E-state index contributed by atoms with van der Waals surface area (Å²) in [5.74, 6) is 0.287. The zero-order valence-corrected chi connectivity index (χ0v) is 21.8. The standard InChI is InChI=1S/C29H36N4O3/c1-6-29(7-2,23-15-13-21(14-16-23)19-36-20(3)34)32-27(35)24-18-30-33-26(24)31-25(17-28(33,4)5)22-11-9-8-10-12-22/h8-16,18,25,31H,6-7,17,19H2,1-5H3,(H,32,35). The fourth-order valence-corrected chi connectivity index (χ4v) is 5.10. The third-order valence-electron chi connectivity index (χ3n) is 7.31. The van der Waals surface area contributed by atoms with Gasteiger partial charge in [0.15, 0.2) is 0 Å². The van der Waals surface area contributed by atoms with Crippen molar-refractivity contribution in [1.29, 1.82) is 0 Å². The maximum absolute atomic E-state index is 13.7. The van der Waals surface area contributed by atoms with Gasteiger partial charge in [0, 0.05) is 6.92 Å². The van der Waals surface area contributed by atoms with Crippen LogP contribution in [0, 0.1) is 0 Å². The van der Waals surface area contributed by atoms with E-state index < -0.39 is 5.54 Å². The van der Waals surface area contributed by atoms with Gasteiger partial charge in [-0.1, -0.05) is 68.4 Å². The van der Waals surface area contributed by atoms with Crippen molar-refractivity contribution in [3.63, 3.8) is 0 Å². The molecule has 36 heavy (non-hydrogen) atoms.